The van der Waals surface area contributed by atoms with Crippen LogP contribution in [0.5, 0.6) is 0 Å². The second-order valence-electron chi connectivity index (χ2n) is 7.76. The van der Waals surface area contributed by atoms with Crippen molar-refractivity contribution in [2.45, 2.75) is 20.4 Å². The molecule has 0 aliphatic carbocycles. The molecule has 0 bridgehead atoms. The molecule has 0 aliphatic heterocycles. The highest BCUT2D eigenvalue weighted by molar-refractivity contribution is 7.75. The van der Waals surface area contributed by atoms with E-state index in [4.69, 9.17) is 16.1 Å². The molecule has 1 amide bonds. The molecule has 2 N–H and O–H groups in total. The molecule has 4 rings (SSSR count). The number of hydrogen-bond acceptors (Lipinski definition) is 4. The second kappa shape index (κ2) is 9.10. The highest BCUT2D eigenvalue weighted by atomic mass is 35.5. The molecule has 0 fully saturated rings. The number of nitrogens with zero attached hydrogens (tertiary/aromatic N) is 1. The Morgan fingerprint density at radius 1 is 1.21 bits per heavy atom. The van der Waals surface area contributed by atoms with Gasteiger partial charge in [0.15, 0.2) is 5.82 Å². The van der Waals surface area contributed by atoms with Crippen LogP contribution in [0.4, 0.5) is 4.39 Å². The van der Waals surface area contributed by atoms with Gasteiger partial charge in [-0.1, -0.05) is 34.9 Å². The highest BCUT2D eigenvalue weighted by Crippen LogP contribution is 2.48. The number of nitrogens with one attached hydrogen (secondary N) is 2. The standard InChI is InChI=1S/C24H22ClFN3O3P/c1-14-9-15(2)11-17(10-14)33(31,32-3)23-20-19(7-6-18(25)21(20)26)29-22(23)24(30)28-13-16-5-4-8-27-12-16/h4-12,29H,13H2,1-3H3,(H,28,30). The molecule has 0 radical (unpaired) electrons. The van der Waals surface area contributed by atoms with Gasteiger partial charge < -0.3 is 14.8 Å². The predicted octanol–water partition coefficient (Wildman–Crippen LogP) is 4.78. The number of aromatic nitrogens is 2. The average molecular weight is 486 g/mol. The van der Waals surface area contributed by atoms with Crippen LogP contribution in [0.2, 0.25) is 5.02 Å². The summed E-state index contributed by atoms with van der Waals surface area (Å²) in [6, 6.07) is 11.9. The first-order chi connectivity index (χ1) is 15.7. The van der Waals surface area contributed by atoms with Crippen LogP contribution in [0.3, 0.4) is 0 Å². The van der Waals surface area contributed by atoms with Gasteiger partial charge in [-0.2, -0.15) is 0 Å². The van der Waals surface area contributed by atoms with Crippen molar-refractivity contribution in [1.82, 2.24) is 15.3 Å². The number of fused-ring (bicyclic) bond motifs is 1. The van der Waals surface area contributed by atoms with E-state index >= 15 is 4.39 Å². The topological polar surface area (TPSA) is 84.1 Å². The molecule has 0 aliphatic rings. The number of carbonyl (C=O) groups is 1. The van der Waals surface area contributed by atoms with E-state index in [1.165, 1.54) is 13.2 Å². The minimum Gasteiger partial charge on any atom is -0.350 e. The third-order valence-corrected chi connectivity index (χ3v) is 8.11. The van der Waals surface area contributed by atoms with Gasteiger partial charge in [0.2, 0.25) is 0 Å². The number of aryl methyl sites for hydroxylation is 2. The molecular formula is C24H22ClFN3O3P. The number of amides is 1. The summed E-state index contributed by atoms with van der Waals surface area (Å²) in [5.41, 5.74) is 2.76. The molecule has 9 heteroatoms. The number of pyridine rings is 1. The average Bonchev–Trinajstić information content (AvgIpc) is 3.20. The number of carbonyl (C=O) groups excluding carboxylic acids is 1. The Labute approximate surface area is 195 Å². The van der Waals surface area contributed by atoms with Crippen LogP contribution in [0.25, 0.3) is 10.9 Å². The molecule has 1 unspecified atom stereocenters. The molecule has 2 aromatic carbocycles. The molecule has 2 aromatic heterocycles. The van der Waals surface area contributed by atoms with E-state index < -0.39 is 19.1 Å². The third-order valence-electron chi connectivity index (χ3n) is 5.33. The lowest BCUT2D eigenvalue weighted by Gasteiger charge is -2.19. The summed E-state index contributed by atoms with van der Waals surface area (Å²) in [7, 11) is -2.60. The zero-order chi connectivity index (χ0) is 23.8. The predicted molar refractivity (Wildman–Crippen MR) is 128 cm³/mol. The number of benzene rings is 2. The maximum absolute atomic E-state index is 15.3. The molecular weight excluding hydrogens is 464 g/mol. The largest absolute Gasteiger partial charge is 0.350 e. The monoisotopic (exact) mass is 485 g/mol. The lowest BCUT2D eigenvalue weighted by atomic mass is 10.2. The van der Waals surface area contributed by atoms with Crippen LogP contribution in [0, 0.1) is 19.7 Å². The Morgan fingerprint density at radius 2 is 1.94 bits per heavy atom. The van der Waals surface area contributed by atoms with Crippen molar-refractivity contribution >= 4 is 46.4 Å². The molecule has 0 saturated heterocycles. The zero-order valence-corrected chi connectivity index (χ0v) is 19.9. The Kier molecular flexibility index (Phi) is 6.39. The number of aromatic amines is 1. The molecule has 4 aromatic rings. The molecule has 6 nitrogen and oxygen atoms in total. The fourth-order valence-corrected chi connectivity index (χ4v) is 6.40. The van der Waals surface area contributed by atoms with Crippen LogP contribution >= 0.6 is 19.0 Å². The van der Waals surface area contributed by atoms with E-state index in [1.54, 1.807) is 36.7 Å². The normalized spacial score (nSPS) is 13.1. The molecule has 2 heterocycles. The second-order valence-corrected chi connectivity index (χ2v) is 10.6. The van der Waals surface area contributed by atoms with Gasteiger partial charge in [-0.05, 0) is 49.7 Å². The fourth-order valence-electron chi connectivity index (χ4n) is 3.88. The van der Waals surface area contributed by atoms with E-state index in [9.17, 15) is 9.36 Å². The first kappa shape index (κ1) is 23.2. The summed E-state index contributed by atoms with van der Waals surface area (Å²) in [6.07, 6.45) is 3.26. The minimum atomic E-state index is -3.89. The van der Waals surface area contributed by atoms with Gasteiger partial charge >= 0.3 is 0 Å². The first-order valence-electron chi connectivity index (χ1n) is 10.2. The van der Waals surface area contributed by atoms with Gasteiger partial charge in [-0.3, -0.25) is 14.3 Å². The van der Waals surface area contributed by atoms with Crippen LogP contribution < -0.4 is 15.9 Å². The van der Waals surface area contributed by atoms with Crippen molar-refractivity contribution in [1.29, 1.82) is 0 Å². The van der Waals surface area contributed by atoms with Crippen molar-refractivity contribution in [2.24, 2.45) is 0 Å². The first-order valence-corrected chi connectivity index (χ1v) is 12.2. The molecule has 0 spiro atoms. The lowest BCUT2D eigenvalue weighted by Crippen LogP contribution is -2.30. The Morgan fingerprint density at radius 3 is 2.58 bits per heavy atom. The number of hydrogen-bond donors (Lipinski definition) is 2. The van der Waals surface area contributed by atoms with E-state index in [1.807, 2.05) is 26.0 Å². The number of halogens is 2. The smallest absolute Gasteiger partial charge is 0.268 e. The SMILES string of the molecule is COP(=O)(c1cc(C)cc(C)c1)c1c(C(=O)NCc2cccnc2)[nH]c2ccc(Cl)c(F)c12. The van der Waals surface area contributed by atoms with Crippen LogP contribution in [-0.4, -0.2) is 23.0 Å². The van der Waals surface area contributed by atoms with Gasteiger partial charge in [-0.25, -0.2) is 4.39 Å². The Bertz CT molecular complexity index is 1390. The van der Waals surface area contributed by atoms with Crippen molar-refractivity contribution in [2.75, 3.05) is 7.11 Å². The number of H-pyrrole nitrogens is 1. The van der Waals surface area contributed by atoms with Gasteiger partial charge in [0.25, 0.3) is 13.3 Å². The van der Waals surface area contributed by atoms with E-state index in [0.29, 0.717) is 10.8 Å². The van der Waals surface area contributed by atoms with Gasteiger partial charge in [0.05, 0.1) is 15.7 Å². The van der Waals surface area contributed by atoms with E-state index in [2.05, 4.69) is 15.3 Å². The maximum atomic E-state index is 15.3. The summed E-state index contributed by atoms with van der Waals surface area (Å²) >= 11 is 6.05. The van der Waals surface area contributed by atoms with Crippen molar-refractivity contribution in [3.05, 3.63) is 88.1 Å². The van der Waals surface area contributed by atoms with Gasteiger partial charge in [0.1, 0.15) is 5.69 Å². The minimum absolute atomic E-state index is 0.0293. The highest BCUT2D eigenvalue weighted by Gasteiger charge is 2.37. The molecule has 33 heavy (non-hydrogen) atoms. The van der Waals surface area contributed by atoms with Crippen molar-refractivity contribution in [3.63, 3.8) is 0 Å². The lowest BCUT2D eigenvalue weighted by molar-refractivity contribution is 0.0947. The number of rotatable bonds is 6. The van der Waals surface area contributed by atoms with Crippen LogP contribution in [0.1, 0.15) is 27.2 Å². The summed E-state index contributed by atoms with van der Waals surface area (Å²) in [4.78, 5) is 20.2. The van der Waals surface area contributed by atoms with Gasteiger partial charge in [-0.15, -0.1) is 0 Å². The molecule has 170 valence electrons. The van der Waals surface area contributed by atoms with Crippen molar-refractivity contribution in [3.8, 4) is 0 Å². The molecule has 1 atom stereocenters. The van der Waals surface area contributed by atoms with Crippen LogP contribution in [-0.2, 0) is 15.6 Å². The summed E-state index contributed by atoms with van der Waals surface area (Å²) < 4.78 is 35.2. The zero-order valence-electron chi connectivity index (χ0n) is 18.3. The van der Waals surface area contributed by atoms with Crippen molar-refractivity contribution < 1.29 is 18.3 Å². The molecule has 0 saturated carbocycles. The summed E-state index contributed by atoms with van der Waals surface area (Å²) in [5, 5.41) is 2.92. The Hall–Kier alpha value is -2.99. The summed E-state index contributed by atoms with van der Waals surface area (Å²) in [6.45, 7) is 3.92. The maximum Gasteiger partial charge on any atom is 0.268 e. The quantitative estimate of drug-likeness (QED) is 0.385. The van der Waals surface area contributed by atoms with E-state index in [-0.39, 0.29) is 28.0 Å². The third kappa shape index (κ3) is 4.32. The van der Waals surface area contributed by atoms with Crippen LogP contribution in [0.15, 0.2) is 54.9 Å². The fraction of sp³-hybridized carbons (Fsp3) is 0.167. The Balaban J connectivity index is 1.92. The summed E-state index contributed by atoms with van der Waals surface area (Å²) in [5.74, 6) is -1.32. The van der Waals surface area contributed by atoms with E-state index in [0.717, 1.165) is 16.7 Å². The van der Waals surface area contributed by atoms with Gasteiger partial charge in [0, 0.05) is 36.9 Å².